The van der Waals surface area contributed by atoms with Crippen LogP contribution in [0.3, 0.4) is 0 Å². The fraction of sp³-hybridized carbons (Fsp3) is 0.154. The number of carboxylic acid groups (broad SMARTS) is 1. The van der Waals surface area contributed by atoms with Crippen LogP contribution in [-0.4, -0.2) is 33.2 Å². The Kier molecular flexibility index (Phi) is 6.33. The number of hydrogen-bond donors (Lipinski definition) is 3. The van der Waals surface area contributed by atoms with Gasteiger partial charge in [-0.3, -0.25) is 9.36 Å². The SMILES string of the molecule is N[C@@H](CCNc1nccn1C(c1ccccc1)(c1ccccc1)c1ccccc1)C(=O)O. The Bertz CT molecular complexity index is 1050. The molecule has 0 spiro atoms. The third-order valence-electron chi connectivity index (χ3n) is 5.63. The van der Waals surface area contributed by atoms with Crippen molar-refractivity contribution in [3.8, 4) is 0 Å². The first-order chi connectivity index (χ1) is 15.6. The first kappa shape index (κ1) is 21.3. The number of nitrogens with zero attached hydrogens (tertiary/aromatic N) is 2. The molecule has 4 aromatic rings. The largest absolute Gasteiger partial charge is 0.480 e. The van der Waals surface area contributed by atoms with Crippen molar-refractivity contribution in [2.75, 3.05) is 11.9 Å². The monoisotopic (exact) mass is 426 g/mol. The first-order valence-corrected chi connectivity index (χ1v) is 10.6. The van der Waals surface area contributed by atoms with Gasteiger partial charge < -0.3 is 16.2 Å². The molecule has 4 rings (SSSR count). The molecule has 162 valence electrons. The quantitative estimate of drug-likeness (QED) is 0.353. The number of benzene rings is 3. The molecular formula is C26H26N4O2. The lowest BCUT2D eigenvalue weighted by Crippen LogP contribution is -2.38. The Morgan fingerprint density at radius 2 is 1.38 bits per heavy atom. The maximum atomic E-state index is 11.1. The fourth-order valence-electron chi connectivity index (χ4n) is 4.12. The van der Waals surface area contributed by atoms with Gasteiger partial charge in [-0.1, -0.05) is 91.0 Å². The molecule has 0 saturated heterocycles. The van der Waals surface area contributed by atoms with Gasteiger partial charge in [0.15, 0.2) is 0 Å². The van der Waals surface area contributed by atoms with E-state index < -0.39 is 17.6 Å². The van der Waals surface area contributed by atoms with Crippen molar-refractivity contribution in [2.45, 2.75) is 18.0 Å². The maximum absolute atomic E-state index is 11.1. The Morgan fingerprint density at radius 1 is 0.906 bits per heavy atom. The fourth-order valence-corrected chi connectivity index (χ4v) is 4.12. The lowest BCUT2D eigenvalue weighted by atomic mass is 9.76. The van der Waals surface area contributed by atoms with Gasteiger partial charge >= 0.3 is 5.97 Å². The van der Waals surface area contributed by atoms with E-state index in [0.717, 1.165) is 16.7 Å². The Labute approximate surface area is 187 Å². The second-order valence-electron chi connectivity index (χ2n) is 7.59. The molecule has 6 nitrogen and oxygen atoms in total. The summed E-state index contributed by atoms with van der Waals surface area (Å²) < 4.78 is 2.11. The minimum absolute atomic E-state index is 0.289. The standard InChI is InChI=1S/C26H26N4O2/c27-23(24(31)32)16-17-28-25-29-18-19-30(25)26(20-10-4-1-5-11-20,21-12-6-2-7-13-21)22-14-8-3-9-15-22/h1-15,18-19,23H,16-17,27H2,(H,28,29)(H,31,32)/t23-/m0/s1. The number of nitrogens with two attached hydrogens (primary N) is 1. The van der Waals surface area contributed by atoms with Crippen LogP contribution in [0, 0.1) is 0 Å². The van der Waals surface area contributed by atoms with Crippen molar-refractivity contribution >= 4 is 11.9 Å². The van der Waals surface area contributed by atoms with Gasteiger partial charge in [-0.05, 0) is 23.1 Å². The van der Waals surface area contributed by atoms with Crippen LogP contribution >= 0.6 is 0 Å². The highest BCUT2D eigenvalue weighted by molar-refractivity contribution is 5.73. The molecule has 0 aliphatic heterocycles. The molecule has 1 atom stereocenters. The highest BCUT2D eigenvalue weighted by Gasteiger charge is 2.39. The van der Waals surface area contributed by atoms with Crippen LogP contribution in [0.25, 0.3) is 0 Å². The second kappa shape index (κ2) is 9.49. The van der Waals surface area contributed by atoms with E-state index in [1.807, 2.05) is 60.8 Å². The van der Waals surface area contributed by atoms with Crippen molar-refractivity contribution in [2.24, 2.45) is 5.73 Å². The smallest absolute Gasteiger partial charge is 0.320 e. The van der Waals surface area contributed by atoms with Crippen molar-refractivity contribution in [1.82, 2.24) is 9.55 Å². The molecule has 0 radical (unpaired) electrons. The Morgan fingerprint density at radius 3 is 1.81 bits per heavy atom. The van der Waals surface area contributed by atoms with Crippen molar-refractivity contribution in [3.05, 3.63) is 120 Å². The van der Waals surface area contributed by atoms with Gasteiger partial charge in [0.1, 0.15) is 11.6 Å². The third kappa shape index (κ3) is 4.00. The molecule has 3 aromatic carbocycles. The highest BCUT2D eigenvalue weighted by atomic mass is 16.4. The number of carboxylic acids is 1. The normalized spacial score (nSPS) is 12.3. The maximum Gasteiger partial charge on any atom is 0.320 e. The molecule has 32 heavy (non-hydrogen) atoms. The van der Waals surface area contributed by atoms with Gasteiger partial charge in [0.2, 0.25) is 5.95 Å². The van der Waals surface area contributed by atoms with Crippen LogP contribution in [0.5, 0.6) is 0 Å². The topological polar surface area (TPSA) is 93.2 Å². The Balaban J connectivity index is 1.89. The molecule has 0 aliphatic carbocycles. The molecular weight excluding hydrogens is 400 g/mol. The number of rotatable bonds is 9. The molecule has 1 aromatic heterocycles. The number of anilines is 1. The lowest BCUT2D eigenvalue weighted by molar-refractivity contribution is -0.138. The number of hydrogen-bond acceptors (Lipinski definition) is 4. The number of aromatic nitrogens is 2. The number of carbonyl (C=O) groups is 1. The van der Waals surface area contributed by atoms with E-state index in [1.165, 1.54) is 0 Å². The zero-order valence-electron chi connectivity index (χ0n) is 17.6. The third-order valence-corrected chi connectivity index (χ3v) is 5.63. The van der Waals surface area contributed by atoms with Crippen molar-refractivity contribution < 1.29 is 9.90 Å². The summed E-state index contributed by atoms with van der Waals surface area (Å²) in [5.74, 6) is -0.374. The predicted octanol–water partition coefficient (Wildman–Crippen LogP) is 3.94. The van der Waals surface area contributed by atoms with E-state index in [-0.39, 0.29) is 6.42 Å². The minimum Gasteiger partial charge on any atom is -0.480 e. The van der Waals surface area contributed by atoms with Gasteiger partial charge in [0.05, 0.1) is 0 Å². The van der Waals surface area contributed by atoms with Crippen LogP contribution in [0.4, 0.5) is 5.95 Å². The van der Waals surface area contributed by atoms with Crippen LogP contribution in [0.1, 0.15) is 23.1 Å². The highest BCUT2D eigenvalue weighted by Crippen LogP contribution is 2.42. The average Bonchev–Trinajstić information content (AvgIpc) is 3.30. The van der Waals surface area contributed by atoms with Gasteiger partial charge in [-0.25, -0.2) is 4.98 Å². The molecule has 1 heterocycles. The first-order valence-electron chi connectivity index (χ1n) is 10.6. The summed E-state index contributed by atoms with van der Waals surface area (Å²) in [7, 11) is 0. The summed E-state index contributed by atoms with van der Waals surface area (Å²) in [6, 6.07) is 30.0. The van der Waals surface area contributed by atoms with E-state index in [2.05, 4.69) is 51.3 Å². The van der Waals surface area contributed by atoms with Crippen molar-refractivity contribution in [3.63, 3.8) is 0 Å². The molecule has 0 saturated carbocycles. The average molecular weight is 427 g/mol. The minimum atomic E-state index is -1.01. The molecule has 6 heteroatoms. The Hall–Kier alpha value is -3.90. The number of imidazole rings is 1. The molecule has 0 unspecified atom stereocenters. The predicted molar refractivity (Wildman–Crippen MR) is 126 cm³/mol. The van der Waals surface area contributed by atoms with E-state index in [4.69, 9.17) is 10.8 Å². The zero-order chi connectivity index (χ0) is 22.4. The summed E-state index contributed by atoms with van der Waals surface area (Å²) in [5.41, 5.74) is 8.26. The van der Waals surface area contributed by atoms with Gasteiger partial charge in [-0.15, -0.1) is 0 Å². The number of nitrogens with one attached hydrogen (secondary N) is 1. The van der Waals surface area contributed by atoms with Gasteiger partial charge in [0, 0.05) is 18.9 Å². The van der Waals surface area contributed by atoms with Crippen molar-refractivity contribution in [1.29, 1.82) is 0 Å². The van der Waals surface area contributed by atoms with Crippen LogP contribution in [0.15, 0.2) is 103 Å². The molecule has 0 bridgehead atoms. The lowest BCUT2D eigenvalue weighted by Gasteiger charge is -2.38. The summed E-state index contributed by atoms with van der Waals surface area (Å²) in [5, 5.41) is 12.4. The summed E-state index contributed by atoms with van der Waals surface area (Å²) in [6.07, 6.45) is 3.99. The molecule has 0 amide bonds. The second-order valence-corrected chi connectivity index (χ2v) is 7.59. The summed E-state index contributed by atoms with van der Waals surface area (Å²) in [4.78, 5) is 15.7. The van der Waals surface area contributed by atoms with E-state index in [1.54, 1.807) is 6.20 Å². The van der Waals surface area contributed by atoms with E-state index in [0.29, 0.717) is 12.5 Å². The van der Waals surface area contributed by atoms with Gasteiger partial charge in [0.25, 0.3) is 0 Å². The van der Waals surface area contributed by atoms with Crippen LogP contribution in [-0.2, 0) is 10.3 Å². The summed E-state index contributed by atoms with van der Waals surface area (Å²) in [6.45, 7) is 0.388. The molecule has 0 aliphatic rings. The van der Waals surface area contributed by atoms with Crippen LogP contribution in [0.2, 0.25) is 0 Å². The van der Waals surface area contributed by atoms with E-state index in [9.17, 15) is 4.79 Å². The molecule has 4 N–H and O–H groups in total. The van der Waals surface area contributed by atoms with Gasteiger partial charge in [-0.2, -0.15) is 0 Å². The van der Waals surface area contributed by atoms with E-state index >= 15 is 0 Å². The summed E-state index contributed by atoms with van der Waals surface area (Å²) >= 11 is 0. The zero-order valence-corrected chi connectivity index (χ0v) is 17.6. The number of aliphatic carboxylic acids is 1. The van der Waals surface area contributed by atoms with Crippen LogP contribution < -0.4 is 11.1 Å². The molecule has 0 fully saturated rings.